The number of carbonyl (C=O) groups is 2. The molecule has 41 heavy (non-hydrogen) atoms. The summed E-state index contributed by atoms with van der Waals surface area (Å²) in [6.45, 7) is 15.0. The van der Waals surface area contributed by atoms with Crippen LogP contribution in [0.3, 0.4) is 0 Å². The number of esters is 2. The zero-order chi connectivity index (χ0) is 30.4. The number of hydrogen-bond acceptors (Lipinski definition) is 6. The molecule has 0 heterocycles. The van der Waals surface area contributed by atoms with Gasteiger partial charge in [-0.25, -0.2) is 9.59 Å². The standard InChI is InChI=1S/C35H48O6/c1-7-8-9-10-29-13-16-32(17-14-29)33-18-15-30(21-24(33)2)11-12-31(22-40-34(38)25(3)19-27(5)36)23-41-35(39)26(4)20-28(6)37/h13-18,21,27-28,31,36-37H,3-4,7-12,19-20,22-23H2,1-2,5-6H3. The van der Waals surface area contributed by atoms with Crippen molar-refractivity contribution >= 4 is 11.9 Å². The van der Waals surface area contributed by atoms with E-state index in [4.69, 9.17) is 9.47 Å². The van der Waals surface area contributed by atoms with E-state index in [1.54, 1.807) is 13.8 Å². The van der Waals surface area contributed by atoms with Crippen LogP contribution in [0.4, 0.5) is 0 Å². The molecule has 0 aliphatic carbocycles. The van der Waals surface area contributed by atoms with Gasteiger partial charge in [-0.2, -0.15) is 0 Å². The van der Waals surface area contributed by atoms with Crippen LogP contribution in [0.2, 0.25) is 0 Å². The Morgan fingerprint density at radius 3 is 1.83 bits per heavy atom. The number of ether oxygens (including phenoxy) is 2. The number of carbonyl (C=O) groups excluding carboxylic acids is 2. The molecular formula is C35H48O6. The SMILES string of the molecule is C=C(CC(C)O)C(=O)OCC(CCc1ccc(-c2ccc(CCCCC)cc2)c(C)c1)COC(=O)C(=C)CC(C)O. The highest BCUT2D eigenvalue weighted by Crippen LogP contribution is 2.26. The molecule has 0 radical (unpaired) electrons. The Balaban J connectivity index is 2.04. The molecule has 6 nitrogen and oxygen atoms in total. The van der Waals surface area contributed by atoms with Gasteiger partial charge in [-0.1, -0.05) is 75.4 Å². The van der Waals surface area contributed by atoms with Crippen LogP contribution >= 0.6 is 0 Å². The monoisotopic (exact) mass is 564 g/mol. The van der Waals surface area contributed by atoms with Gasteiger partial charge < -0.3 is 19.7 Å². The molecule has 6 heteroatoms. The molecule has 2 aromatic carbocycles. The molecule has 0 aliphatic rings. The zero-order valence-corrected chi connectivity index (χ0v) is 25.3. The van der Waals surface area contributed by atoms with Crippen molar-refractivity contribution in [1.29, 1.82) is 0 Å². The van der Waals surface area contributed by atoms with Crippen molar-refractivity contribution in [2.24, 2.45) is 5.92 Å². The Morgan fingerprint density at radius 1 is 0.805 bits per heavy atom. The van der Waals surface area contributed by atoms with Gasteiger partial charge in [0.1, 0.15) is 0 Å². The van der Waals surface area contributed by atoms with Crippen LogP contribution in [0.5, 0.6) is 0 Å². The molecule has 2 unspecified atom stereocenters. The summed E-state index contributed by atoms with van der Waals surface area (Å²) < 4.78 is 10.9. The lowest BCUT2D eigenvalue weighted by Gasteiger charge is -2.19. The Kier molecular flexibility index (Phi) is 14.6. The maximum Gasteiger partial charge on any atom is 0.333 e. The summed E-state index contributed by atoms with van der Waals surface area (Å²) in [5.41, 5.74) is 6.47. The van der Waals surface area contributed by atoms with Gasteiger partial charge in [-0.15, -0.1) is 0 Å². The number of aryl methyl sites for hydroxylation is 3. The van der Waals surface area contributed by atoms with Crippen molar-refractivity contribution in [1.82, 2.24) is 0 Å². The van der Waals surface area contributed by atoms with Crippen molar-refractivity contribution in [3.05, 3.63) is 83.5 Å². The van der Waals surface area contributed by atoms with Gasteiger partial charge in [0, 0.05) is 29.9 Å². The van der Waals surface area contributed by atoms with Gasteiger partial charge in [-0.05, 0) is 74.3 Å². The molecule has 0 aliphatic heterocycles. The first kappa shape index (κ1) is 34.0. The Bertz CT molecular complexity index is 1110. The van der Waals surface area contributed by atoms with Gasteiger partial charge in [0.15, 0.2) is 0 Å². The normalized spacial score (nSPS) is 13.2. The van der Waals surface area contributed by atoms with Crippen molar-refractivity contribution in [2.45, 2.75) is 91.3 Å². The minimum atomic E-state index is -0.693. The Labute approximate surface area is 246 Å². The Hall–Kier alpha value is -3.22. The lowest BCUT2D eigenvalue weighted by Crippen LogP contribution is -2.23. The minimum absolute atomic E-state index is 0.0511. The van der Waals surface area contributed by atoms with E-state index in [0.29, 0.717) is 12.8 Å². The van der Waals surface area contributed by atoms with Crippen LogP contribution in [0.15, 0.2) is 66.8 Å². The second kappa shape index (κ2) is 17.6. The molecule has 0 aromatic heterocycles. The summed E-state index contributed by atoms with van der Waals surface area (Å²) in [6.07, 6.45) is 5.01. The summed E-state index contributed by atoms with van der Waals surface area (Å²) in [7, 11) is 0. The number of benzene rings is 2. The predicted octanol–water partition coefficient (Wildman–Crippen LogP) is 6.68. The van der Waals surface area contributed by atoms with Crippen molar-refractivity contribution in [3.8, 4) is 11.1 Å². The highest BCUT2D eigenvalue weighted by molar-refractivity contribution is 5.88. The van der Waals surface area contributed by atoms with Crippen LogP contribution in [-0.2, 0) is 31.9 Å². The van der Waals surface area contributed by atoms with Crippen molar-refractivity contribution in [3.63, 3.8) is 0 Å². The Morgan fingerprint density at radius 2 is 1.34 bits per heavy atom. The molecule has 0 fully saturated rings. The molecule has 2 aromatic rings. The largest absolute Gasteiger partial charge is 0.462 e. The first-order valence-electron chi connectivity index (χ1n) is 14.7. The van der Waals surface area contributed by atoms with E-state index < -0.39 is 24.1 Å². The van der Waals surface area contributed by atoms with Gasteiger partial charge in [0.2, 0.25) is 0 Å². The third-order valence-electron chi connectivity index (χ3n) is 7.03. The van der Waals surface area contributed by atoms with E-state index in [1.165, 1.54) is 41.5 Å². The van der Waals surface area contributed by atoms with Crippen LogP contribution in [0.25, 0.3) is 11.1 Å². The van der Waals surface area contributed by atoms with Crippen molar-refractivity contribution in [2.75, 3.05) is 13.2 Å². The third kappa shape index (κ3) is 12.4. The number of rotatable bonds is 18. The van der Waals surface area contributed by atoms with E-state index in [9.17, 15) is 19.8 Å². The lowest BCUT2D eigenvalue weighted by molar-refractivity contribution is -0.144. The molecule has 2 N–H and O–H groups in total. The van der Waals surface area contributed by atoms with Crippen LogP contribution in [0.1, 0.15) is 76.0 Å². The van der Waals surface area contributed by atoms with Gasteiger partial charge >= 0.3 is 11.9 Å². The number of unbranched alkanes of at least 4 members (excludes halogenated alkanes) is 2. The molecule has 0 saturated carbocycles. The quantitative estimate of drug-likeness (QED) is 0.119. The average Bonchev–Trinajstić information content (AvgIpc) is 2.92. The van der Waals surface area contributed by atoms with Gasteiger partial charge in [0.05, 0.1) is 25.4 Å². The van der Waals surface area contributed by atoms with E-state index in [-0.39, 0.29) is 43.1 Å². The summed E-state index contributed by atoms with van der Waals surface area (Å²) in [4.78, 5) is 24.7. The third-order valence-corrected chi connectivity index (χ3v) is 7.03. The van der Waals surface area contributed by atoms with E-state index >= 15 is 0 Å². The molecule has 0 saturated heterocycles. The fourth-order valence-corrected chi connectivity index (χ4v) is 4.69. The second-order valence-corrected chi connectivity index (χ2v) is 11.2. The minimum Gasteiger partial charge on any atom is -0.462 e. The second-order valence-electron chi connectivity index (χ2n) is 11.2. The fourth-order valence-electron chi connectivity index (χ4n) is 4.69. The smallest absolute Gasteiger partial charge is 0.333 e. The first-order valence-corrected chi connectivity index (χ1v) is 14.7. The highest BCUT2D eigenvalue weighted by Gasteiger charge is 2.19. The van der Waals surface area contributed by atoms with E-state index in [1.807, 2.05) is 0 Å². The van der Waals surface area contributed by atoms with Crippen molar-refractivity contribution < 1.29 is 29.3 Å². The van der Waals surface area contributed by atoms with Crippen LogP contribution < -0.4 is 0 Å². The van der Waals surface area contributed by atoms with E-state index in [0.717, 1.165) is 12.0 Å². The summed E-state index contributed by atoms with van der Waals surface area (Å²) in [6, 6.07) is 15.3. The molecule has 0 bridgehead atoms. The first-order chi connectivity index (χ1) is 19.5. The van der Waals surface area contributed by atoms with Gasteiger partial charge in [0.25, 0.3) is 0 Å². The average molecular weight is 565 g/mol. The predicted molar refractivity (Wildman–Crippen MR) is 164 cm³/mol. The number of hydrogen-bond donors (Lipinski definition) is 2. The molecular weight excluding hydrogens is 516 g/mol. The summed E-state index contributed by atoms with van der Waals surface area (Å²) >= 11 is 0. The topological polar surface area (TPSA) is 93.1 Å². The zero-order valence-electron chi connectivity index (χ0n) is 25.3. The number of aliphatic hydroxyl groups is 2. The summed E-state index contributed by atoms with van der Waals surface area (Å²) in [5, 5.41) is 19.1. The van der Waals surface area contributed by atoms with Gasteiger partial charge in [-0.3, -0.25) is 0 Å². The number of aliphatic hydroxyl groups excluding tert-OH is 2. The lowest BCUT2D eigenvalue weighted by atomic mass is 9.94. The van der Waals surface area contributed by atoms with Crippen LogP contribution in [0, 0.1) is 12.8 Å². The maximum absolute atomic E-state index is 12.3. The molecule has 0 amide bonds. The fraction of sp³-hybridized carbons (Fsp3) is 0.486. The summed E-state index contributed by atoms with van der Waals surface area (Å²) in [5.74, 6) is -1.39. The molecule has 0 spiro atoms. The van der Waals surface area contributed by atoms with Crippen LogP contribution in [-0.4, -0.2) is 47.6 Å². The molecule has 224 valence electrons. The highest BCUT2D eigenvalue weighted by atomic mass is 16.5. The maximum atomic E-state index is 12.3. The molecule has 2 rings (SSSR count). The van der Waals surface area contributed by atoms with E-state index in [2.05, 4.69) is 69.5 Å². The molecule has 2 atom stereocenters.